The van der Waals surface area contributed by atoms with E-state index in [-0.39, 0.29) is 16.7 Å². The van der Waals surface area contributed by atoms with Crippen molar-refractivity contribution in [1.29, 1.82) is 0 Å². The van der Waals surface area contributed by atoms with Gasteiger partial charge in [-0.05, 0) is 24.3 Å². The summed E-state index contributed by atoms with van der Waals surface area (Å²) in [5, 5.41) is 29.8. The summed E-state index contributed by atoms with van der Waals surface area (Å²) in [5.74, 6) is -1.61. The average molecular weight is 330 g/mol. The van der Waals surface area contributed by atoms with Crippen molar-refractivity contribution < 1.29 is 29.2 Å². The molecule has 0 aliphatic rings. The van der Waals surface area contributed by atoms with E-state index in [9.17, 15) is 20.1 Å². The number of hydrogen-bond donors (Lipinski definition) is 3. The van der Waals surface area contributed by atoms with Gasteiger partial charge in [0.2, 0.25) is 17.2 Å². The van der Waals surface area contributed by atoms with Crippen molar-refractivity contribution in [3.63, 3.8) is 0 Å². The zero-order chi connectivity index (χ0) is 17.4. The lowest BCUT2D eigenvalue weighted by molar-refractivity contribution is 0.330. The second-order valence-corrected chi connectivity index (χ2v) is 4.99. The van der Waals surface area contributed by atoms with Gasteiger partial charge >= 0.3 is 0 Å². The summed E-state index contributed by atoms with van der Waals surface area (Å²) in [6.07, 6.45) is 0. The fraction of sp³-hybridized carbons (Fsp3) is 0.118. The maximum absolute atomic E-state index is 12.4. The van der Waals surface area contributed by atoms with E-state index < -0.39 is 28.4 Å². The second kappa shape index (κ2) is 5.69. The normalized spacial score (nSPS) is 10.8. The standard InChI is InChI=1S/C17H14O7/c1-22-9-5-3-8(4-6-9)11-7-10(18)12-13(19)17(23-2)15(21)14(20)16(12)24-11/h3-7,19-21H,1-2H3. The second-order valence-electron chi connectivity index (χ2n) is 4.99. The van der Waals surface area contributed by atoms with E-state index in [4.69, 9.17) is 13.9 Å². The number of ether oxygens (including phenoxy) is 2. The van der Waals surface area contributed by atoms with E-state index in [0.29, 0.717) is 11.3 Å². The smallest absolute Gasteiger partial charge is 0.208 e. The lowest BCUT2D eigenvalue weighted by Gasteiger charge is -2.11. The first-order chi connectivity index (χ1) is 11.5. The molecule has 0 bridgehead atoms. The molecular formula is C17H14O7. The molecule has 0 saturated carbocycles. The molecule has 7 heteroatoms. The molecule has 3 rings (SSSR count). The van der Waals surface area contributed by atoms with E-state index in [0.717, 1.165) is 0 Å². The zero-order valence-electron chi connectivity index (χ0n) is 12.9. The minimum atomic E-state index is -0.711. The Morgan fingerprint density at radius 3 is 2.17 bits per heavy atom. The molecule has 0 atom stereocenters. The molecule has 0 aliphatic heterocycles. The highest BCUT2D eigenvalue weighted by molar-refractivity contribution is 5.94. The van der Waals surface area contributed by atoms with Gasteiger partial charge in [-0.2, -0.15) is 0 Å². The van der Waals surface area contributed by atoms with Gasteiger partial charge in [0.25, 0.3) is 0 Å². The summed E-state index contributed by atoms with van der Waals surface area (Å²) in [7, 11) is 2.72. The third kappa shape index (κ3) is 2.26. The zero-order valence-corrected chi connectivity index (χ0v) is 12.9. The van der Waals surface area contributed by atoms with Crippen molar-refractivity contribution in [2.24, 2.45) is 0 Å². The predicted octanol–water partition coefficient (Wildman–Crippen LogP) is 2.59. The van der Waals surface area contributed by atoms with Crippen LogP contribution in [0.1, 0.15) is 0 Å². The van der Waals surface area contributed by atoms with Crippen molar-refractivity contribution in [2.45, 2.75) is 0 Å². The molecule has 1 heterocycles. The van der Waals surface area contributed by atoms with E-state index in [1.54, 1.807) is 24.3 Å². The van der Waals surface area contributed by atoms with Crippen molar-refractivity contribution in [1.82, 2.24) is 0 Å². The molecule has 1 aromatic heterocycles. The van der Waals surface area contributed by atoms with Crippen LogP contribution < -0.4 is 14.9 Å². The summed E-state index contributed by atoms with van der Waals surface area (Å²) in [5.41, 5.74) is -0.360. The monoisotopic (exact) mass is 330 g/mol. The molecule has 3 aromatic rings. The Balaban J connectivity index is 2.30. The van der Waals surface area contributed by atoms with E-state index in [1.165, 1.54) is 20.3 Å². The van der Waals surface area contributed by atoms with Gasteiger partial charge in [-0.25, -0.2) is 0 Å². The van der Waals surface area contributed by atoms with Crippen LogP contribution in [0, 0.1) is 0 Å². The lowest BCUT2D eigenvalue weighted by atomic mass is 10.1. The Hall–Kier alpha value is -3.35. The van der Waals surface area contributed by atoms with Crippen molar-refractivity contribution in [2.75, 3.05) is 14.2 Å². The summed E-state index contributed by atoms with van der Waals surface area (Å²) in [6.45, 7) is 0. The van der Waals surface area contributed by atoms with E-state index in [2.05, 4.69) is 0 Å². The summed E-state index contributed by atoms with van der Waals surface area (Å²) in [4.78, 5) is 12.4. The van der Waals surface area contributed by atoms with Crippen LogP contribution in [0.4, 0.5) is 0 Å². The summed E-state index contributed by atoms with van der Waals surface area (Å²) in [6, 6.07) is 7.89. The molecule has 3 N–H and O–H groups in total. The molecule has 7 nitrogen and oxygen atoms in total. The van der Waals surface area contributed by atoms with Gasteiger partial charge in [-0.3, -0.25) is 4.79 Å². The number of benzene rings is 2. The summed E-state index contributed by atoms with van der Waals surface area (Å²) < 4.78 is 15.4. The lowest BCUT2D eigenvalue weighted by Crippen LogP contribution is -2.02. The number of phenolic OH excluding ortho intramolecular Hbond substituents is 3. The molecule has 0 spiro atoms. The average Bonchev–Trinajstić information content (AvgIpc) is 2.59. The fourth-order valence-electron chi connectivity index (χ4n) is 2.42. The van der Waals surface area contributed by atoms with Crippen LogP contribution in [0.2, 0.25) is 0 Å². The Morgan fingerprint density at radius 2 is 1.58 bits per heavy atom. The number of fused-ring (bicyclic) bond motifs is 1. The largest absolute Gasteiger partial charge is 0.504 e. The van der Waals surface area contributed by atoms with Crippen LogP contribution in [-0.4, -0.2) is 29.5 Å². The number of rotatable bonds is 3. The van der Waals surface area contributed by atoms with E-state index >= 15 is 0 Å². The van der Waals surface area contributed by atoms with Gasteiger partial charge in [-0.15, -0.1) is 0 Å². The maximum Gasteiger partial charge on any atom is 0.208 e. The third-order valence-electron chi connectivity index (χ3n) is 3.63. The molecule has 0 saturated heterocycles. The highest BCUT2D eigenvalue weighted by atomic mass is 16.5. The molecule has 0 amide bonds. The molecule has 124 valence electrons. The molecule has 2 aromatic carbocycles. The van der Waals surface area contributed by atoms with Crippen LogP contribution >= 0.6 is 0 Å². The predicted molar refractivity (Wildman–Crippen MR) is 86.0 cm³/mol. The maximum atomic E-state index is 12.4. The highest BCUT2D eigenvalue weighted by Crippen LogP contribution is 2.48. The SMILES string of the molecule is COc1ccc(-c2cc(=O)c3c(O)c(OC)c(O)c(O)c3o2)cc1. The van der Waals surface area contributed by atoms with Gasteiger partial charge in [-0.1, -0.05) is 0 Å². The number of methoxy groups -OCH3 is 2. The Labute approximate surface area is 135 Å². The summed E-state index contributed by atoms with van der Waals surface area (Å²) >= 11 is 0. The minimum Gasteiger partial charge on any atom is -0.504 e. The van der Waals surface area contributed by atoms with Gasteiger partial charge in [0.05, 0.1) is 14.2 Å². The number of aromatic hydroxyl groups is 3. The number of hydrogen-bond acceptors (Lipinski definition) is 7. The first-order valence-electron chi connectivity index (χ1n) is 6.91. The van der Waals surface area contributed by atoms with Crippen LogP contribution in [0.3, 0.4) is 0 Å². The van der Waals surface area contributed by atoms with Crippen molar-refractivity contribution >= 4 is 11.0 Å². The Bertz CT molecular complexity index is 971. The van der Waals surface area contributed by atoms with Crippen molar-refractivity contribution in [3.8, 4) is 40.1 Å². The van der Waals surface area contributed by atoms with Gasteiger partial charge in [0.15, 0.2) is 16.8 Å². The molecular weight excluding hydrogens is 316 g/mol. The van der Waals surface area contributed by atoms with Gasteiger partial charge < -0.3 is 29.2 Å². The minimum absolute atomic E-state index is 0.161. The van der Waals surface area contributed by atoms with Gasteiger partial charge in [0, 0.05) is 11.6 Å². The van der Waals surface area contributed by atoms with Gasteiger partial charge in [0.1, 0.15) is 16.9 Å². The number of phenols is 3. The molecule has 0 unspecified atom stereocenters. The van der Waals surface area contributed by atoms with Crippen LogP contribution in [0.25, 0.3) is 22.3 Å². The Kier molecular flexibility index (Phi) is 3.69. The topological polar surface area (TPSA) is 109 Å². The molecule has 0 aliphatic carbocycles. The molecule has 24 heavy (non-hydrogen) atoms. The first kappa shape index (κ1) is 15.5. The van der Waals surface area contributed by atoms with Crippen LogP contribution in [-0.2, 0) is 0 Å². The van der Waals surface area contributed by atoms with Crippen LogP contribution in [0.15, 0.2) is 39.5 Å². The highest BCUT2D eigenvalue weighted by Gasteiger charge is 2.24. The molecule has 0 fully saturated rings. The fourth-order valence-corrected chi connectivity index (χ4v) is 2.42. The Morgan fingerprint density at radius 1 is 0.917 bits per heavy atom. The quantitative estimate of drug-likeness (QED) is 0.500. The molecule has 0 radical (unpaired) electrons. The van der Waals surface area contributed by atoms with Crippen molar-refractivity contribution in [3.05, 3.63) is 40.6 Å². The first-order valence-corrected chi connectivity index (χ1v) is 6.91. The van der Waals surface area contributed by atoms with Crippen LogP contribution in [0.5, 0.6) is 28.7 Å². The third-order valence-corrected chi connectivity index (χ3v) is 3.63. The van der Waals surface area contributed by atoms with E-state index in [1.807, 2.05) is 0 Å².